The van der Waals surface area contributed by atoms with E-state index in [0.29, 0.717) is 17.0 Å². The maximum Gasteiger partial charge on any atom is 0.125 e. The van der Waals surface area contributed by atoms with Gasteiger partial charge >= 0.3 is 0 Å². The van der Waals surface area contributed by atoms with E-state index in [4.69, 9.17) is 11.6 Å². The van der Waals surface area contributed by atoms with Crippen molar-refractivity contribution >= 4 is 38.9 Å². The Hall–Kier alpha value is -0.420. The minimum Gasteiger partial charge on any atom is -0.388 e. The van der Waals surface area contributed by atoms with Crippen molar-refractivity contribution in [2.24, 2.45) is 0 Å². The molecule has 2 rings (SSSR count). The maximum atomic E-state index is 13.1. The van der Waals surface area contributed by atoms with Crippen LogP contribution in [0.5, 0.6) is 0 Å². The zero-order valence-electron chi connectivity index (χ0n) is 8.66. The summed E-state index contributed by atoms with van der Waals surface area (Å²) in [5.74, 6) is -0.432. The molecule has 1 heterocycles. The lowest BCUT2D eigenvalue weighted by Crippen LogP contribution is -2.01. The van der Waals surface area contributed by atoms with Crippen molar-refractivity contribution in [3.8, 4) is 0 Å². The molecular formula is C12H9BrClFOS. The number of aliphatic hydroxyl groups is 1. The fourth-order valence-corrected chi connectivity index (χ4v) is 3.26. The molecule has 90 valence electrons. The third-order valence-corrected chi connectivity index (χ3v) is 4.22. The van der Waals surface area contributed by atoms with E-state index < -0.39 is 11.9 Å². The van der Waals surface area contributed by atoms with Crippen LogP contribution in [0.2, 0.25) is 5.02 Å². The molecule has 5 heteroatoms. The van der Waals surface area contributed by atoms with Gasteiger partial charge in [-0.1, -0.05) is 11.6 Å². The van der Waals surface area contributed by atoms with Crippen LogP contribution in [0.25, 0.3) is 0 Å². The van der Waals surface area contributed by atoms with E-state index >= 15 is 0 Å². The van der Waals surface area contributed by atoms with Crippen molar-refractivity contribution in [2.45, 2.75) is 12.5 Å². The number of hydrogen-bond donors (Lipinski definition) is 1. The topological polar surface area (TPSA) is 20.2 Å². The second-order valence-corrected chi connectivity index (χ2v) is 6.00. The van der Waals surface area contributed by atoms with Crippen molar-refractivity contribution < 1.29 is 9.50 Å². The number of hydrogen-bond acceptors (Lipinski definition) is 2. The molecule has 0 aliphatic carbocycles. The van der Waals surface area contributed by atoms with Crippen LogP contribution in [0.4, 0.5) is 4.39 Å². The lowest BCUT2D eigenvalue weighted by molar-refractivity contribution is 0.179. The van der Waals surface area contributed by atoms with Crippen molar-refractivity contribution in [2.75, 3.05) is 0 Å². The SMILES string of the molecule is OC(Cc1cc(Br)cs1)c1cc(F)cc(Cl)c1. The van der Waals surface area contributed by atoms with E-state index in [1.807, 2.05) is 11.4 Å². The molecule has 0 aliphatic rings. The molecule has 17 heavy (non-hydrogen) atoms. The summed E-state index contributed by atoms with van der Waals surface area (Å²) in [4.78, 5) is 1.03. The van der Waals surface area contributed by atoms with Crippen LogP contribution in [0, 0.1) is 5.82 Å². The Morgan fingerprint density at radius 3 is 2.71 bits per heavy atom. The molecule has 1 aromatic carbocycles. The molecule has 0 bridgehead atoms. The Kier molecular flexibility index (Phi) is 4.20. The van der Waals surface area contributed by atoms with Gasteiger partial charge in [0, 0.05) is 26.2 Å². The standard InChI is InChI=1S/C12H9BrClFOS/c13-8-3-11(17-6-8)5-12(16)7-1-9(14)4-10(15)2-7/h1-4,6,12,16H,5H2. The summed E-state index contributed by atoms with van der Waals surface area (Å²) in [7, 11) is 0. The van der Waals surface area contributed by atoms with E-state index in [1.54, 1.807) is 17.4 Å². The number of rotatable bonds is 3. The number of aliphatic hydroxyl groups excluding tert-OH is 1. The first kappa shape index (κ1) is 13.0. The Bertz CT molecular complexity index is 509. The van der Waals surface area contributed by atoms with Gasteiger partial charge in [0.1, 0.15) is 5.82 Å². The minimum atomic E-state index is -0.742. The molecule has 0 aliphatic heterocycles. The smallest absolute Gasteiger partial charge is 0.125 e. The zero-order valence-corrected chi connectivity index (χ0v) is 11.8. The average Bonchev–Trinajstić information content (AvgIpc) is 2.62. The van der Waals surface area contributed by atoms with Gasteiger partial charge < -0.3 is 5.11 Å². The second kappa shape index (κ2) is 5.48. The molecule has 0 fully saturated rings. The van der Waals surface area contributed by atoms with Gasteiger partial charge in [-0.2, -0.15) is 0 Å². The fourth-order valence-electron chi connectivity index (χ4n) is 1.54. The normalized spacial score (nSPS) is 12.7. The first-order chi connectivity index (χ1) is 8.04. The Morgan fingerprint density at radius 2 is 2.12 bits per heavy atom. The first-order valence-corrected chi connectivity index (χ1v) is 6.96. The van der Waals surface area contributed by atoms with Crippen LogP contribution >= 0.6 is 38.9 Å². The molecular weight excluding hydrogens is 327 g/mol. The largest absolute Gasteiger partial charge is 0.388 e. The maximum absolute atomic E-state index is 13.1. The van der Waals surface area contributed by atoms with Gasteiger partial charge in [0.2, 0.25) is 0 Å². The van der Waals surface area contributed by atoms with Gasteiger partial charge in [0.25, 0.3) is 0 Å². The molecule has 0 radical (unpaired) electrons. The van der Waals surface area contributed by atoms with Crippen molar-refractivity contribution in [1.29, 1.82) is 0 Å². The Labute approximate surface area is 116 Å². The van der Waals surface area contributed by atoms with Gasteiger partial charge in [0.05, 0.1) is 6.10 Å². The van der Waals surface area contributed by atoms with Crippen LogP contribution in [-0.2, 0) is 6.42 Å². The van der Waals surface area contributed by atoms with E-state index in [-0.39, 0.29) is 0 Å². The highest BCUT2D eigenvalue weighted by Gasteiger charge is 2.12. The van der Waals surface area contributed by atoms with Crippen LogP contribution in [-0.4, -0.2) is 5.11 Å². The highest BCUT2D eigenvalue weighted by molar-refractivity contribution is 9.10. The molecule has 2 aromatic rings. The van der Waals surface area contributed by atoms with Crippen LogP contribution in [0.3, 0.4) is 0 Å². The van der Waals surface area contributed by atoms with Crippen LogP contribution < -0.4 is 0 Å². The third-order valence-electron chi connectivity index (χ3n) is 2.29. The molecule has 1 unspecified atom stereocenters. The monoisotopic (exact) mass is 334 g/mol. The highest BCUT2D eigenvalue weighted by atomic mass is 79.9. The highest BCUT2D eigenvalue weighted by Crippen LogP contribution is 2.27. The summed E-state index contributed by atoms with van der Waals surface area (Å²) in [5, 5.41) is 12.2. The Balaban J connectivity index is 2.16. The summed E-state index contributed by atoms with van der Waals surface area (Å²) < 4.78 is 14.1. The fraction of sp³-hybridized carbons (Fsp3) is 0.167. The van der Waals surface area contributed by atoms with Crippen molar-refractivity contribution in [1.82, 2.24) is 0 Å². The molecule has 0 amide bonds. The molecule has 0 saturated heterocycles. The van der Waals surface area contributed by atoms with E-state index in [2.05, 4.69) is 15.9 Å². The van der Waals surface area contributed by atoms with Gasteiger partial charge in [-0.05, 0) is 45.8 Å². The molecule has 1 aromatic heterocycles. The van der Waals surface area contributed by atoms with Crippen molar-refractivity contribution in [3.05, 3.63) is 55.4 Å². The summed E-state index contributed by atoms with van der Waals surface area (Å²) >= 11 is 10.6. The van der Waals surface area contributed by atoms with Gasteiger partial charge in [0.15, 0.2) is 0 Å². The molecule has 0 saturated carbocycles. The number of thiophene rings is 1. The van der Waals surface area contributed by atoms with Gasteiger partial charge in [-0.15, -0.1) is 11.3 Å². The van der Waals surface area contributed by atoms with E-state index in [1.165, 1.54) is 12.1 Å². The molecule has 1 atom stereocenters. The quantitative estimate of drug-likeness (QED) is 0.870. The number of benzene rings is 1. The third kappa shape index (κ3) is 3.52. The summed E-state index contributed by atoms with van der Waals surface area (Å²) in [6, 6.07) is 6.05. The predicted octanol–water partition coefficient (Wildman–Crippen LogP) is 4.58. The summed E-state index contributed by atoms with van der Waals surface area (Å²) in [5.41, 5.74) is 0.500. The molecule has 0 spiro atoms. The summed E-state index contributed by atoms with van der Waals surface area (Å²) in [6.45, 7) is 0. The lowest BCUT2D eigenvalue weighted by atomic mass is 10.1. The predicted molar refractivity (Wildman–Crippen MR) is 72.1 cm³/mol. The Morgan fingerprint density at radius 1 is 1.35 bits per heavy atom. The number of halogens is 3. The van der Waals surface area contributed by atoms with E-state index in [9.17, 15) is 9.50 Å². The zero-order chi connectivity index (χ0) is 12.4. The van der Waals surface area contributed by atoms with Gasteiger partial charge in [-0.3, -0.25) is 0 Å². The second-order valence-electron chi connectivity index (χ2n) is 3.65. The van der Waals surface area contributed by atoms with E-state index in [0.717, 1.165) is 9.35 Å². The van der Waals surface area contributed by atoms with Crippen molar-refractivity contribution in [3.63, 3.8) is 0 Å². The average molecular weight is 336 g/mol. The van der Waals surface area contributed by atoms with Crippen LogP contribution in [0.15, 0.2) is 34.1 Å². The van der Waals surface area contributed by atoms with Crippen LogP contribution in [0.1, 0.15) is 16.5 Å². The minimum absolute atomic E-state index is 0.298. The lowest BCUT2D eigenvalue weighted by Gasteiger charge is -2.10. The molecule has 1 nitrogen and oxygen atoms in total. The summed E-state index contributed by atoms with van der Waals surface area (Å²) in [6.07, 6.45) is -0.287. The van der Waals surface area contributed by atoms with Gasteiger partial charge in [-0.25, -0.2) is 4.39 Å². The molecule has 1 N–H and O–H groups in total. The first-order valence-electron chi connectivity index (χ1n) is 4.91.